The number of fused-ring (bicyclic) bond motifs is 1. The summed E-state index contributed by atoms with van der Waals surface area (Å²) in [6.45, 7) is 6.66. The molecular formula is C12H20N4S2. The van der Waals surface area contributed by atoms with Crippen molar-refractivity contribution in [2.75, 3.05) is 5.75 Å². The van der Waals surface area contributed by atoms with E-state index in [1.807, 2.05) is 23.3 Å². The number of rotatable bonds is 5. The Morgan fingerprint density at radius 1 is 1.56 bits per heavy atom. The number of hydrogen-bond donors (Lipinski definition) is 2. The molecule has 1 unspecified atom stereocenters. The van der Waals surface area contributed by atoms with Crippen molar-refractivity contribution in [3.8, 4) is 0 Å². The first kappa shape index (κ1) is 13.9. The molecule has 0 fully saturated rings. The van der Waals surface area contributed by atoms with Crippen molar-refractivity contribution in [1.82, 2.24) is 14.8 Å². The first-order valence-electron chi connectivity index (χ1n) is 5.99. The average molecular weight is 284 g/mol. The molecule has 0 aliphatic heterocycles. The number of nitrogens with one attached hydrogen (secondary N) is 1. The fourth-order valence-electron chi connectivity index (χ4n) is 1.64. The molecule has 0 radical (unpaired) electrons. The van der Waals surface area contributed by atoms with Gasteiger partial charge in [0.05, 0.1) is 5.69 Å². The number of aromatic nitrogens is 2. The van der Waals surface area contributed by atoms with Gasteiger partial charge in [0.15, 0.2) is 4.96 Å². The zero-order valence-corrected chi connectivity index (χ0v) is 12.6. The first-order valence-corrected chi connectivity index (χ1v) is 7.85. The highest BCUT2D eigenvalue weighted by Crippen LogP contribution is 2.24. The van der Waals surface area contributed by atoms with Gasteiger partial charge in [-0.25, -0.2) is 4.98 Å². The molecule has 1 atom stereocenters. The van der Waals surface area contributed by atoms with Crippen LogP contribution in [0.15, 0.2) is 17.8 Å². The maximum Gasteiger partial charge on any atom is 0.193 e. The van der Waals surface area contributed by atoms with Crippen molar-refractivity contribution >= 4 is 28.1 Å². The SMILES string of the molecule is CC(C)(C)SCC(Cc1cn2ccsc2n1)NN. The van der Waals surface area contributed by atoms with Crippen LogP contribution in [-0.4, -0.2) is 25.9 Å². The Bertz CT molecular complexity index is 469. The molecule has 0 spiro atoms. The van der Waals surface area contributed by atoms with E-state index in [2.05, 4.69) is 41.8 Å². The largest absolute Gasteiger partial charge is 0.297 e. The molecule has 18 heavy (non-hydrogen) atoms. The van der Waals surface area contributed by atoms with Crippen LogP contribution in [0.3, 0.4) is 0 Å². The lowest BCUT2D eigenvalue weighted by atomic mass is 10.2. The van der Waals surface area contributed by atoms with Crippen molar-refractivity contribution in [3.63, 3.8) is 0 Å². The van der Waals surface area contributed by atoms with E-state index in [4.69, 9.17) is 5.84 Å². The van der Waals surface area contributed by atoms with Crippen molar-refractivity contribution in [2.24, 2.45) is 5.84 Å². The smallest absolute Gasteiger partial charge is 0.193 e. The number of nitrogens with zero attached hydrogens (tertiary/aromatic N) is 2. The first-order chi connectivity index (χ1) is 8.48. The Kier molecular flexibility index (Phi) is 4.32. The quantitative estimate of drug-likeness (QED) is 0.653. The lowest BCUT2D eigenvalue weighted by Gasteiger charge is -2.22. The molecule has 0 saturated carbocycles. The van der Waals surface area contributed by atoms with Crippen LogP contribution in [-0.2, 0) is 6.42 Å². The lowest BCUT2D eigenvalue weighted by Crippen LogP contribution is -2.39. The second kappa shape index (κ2) is 5.61. The van der Waals surface area contributed by atoms with Gasteiger partial charge in [-0.2, -0.15) is 11.8 Å². The number of hydrazine groups is 1. The topological polar surface area (TPSA) is 55.3 Å². The molecule has 0 aliphatic carbocycles. The van der Waals surface area contributed by atoms with Gasteiger partial charge in [-0.1, -0.05) is 20.8 Å². The molecule has 2 aromatic rings. The third-order valence-electron chi connectivity index (χ3n) is 2.55. The Morgan fingerprint density at radius 2 is 2.33 bits per heavy atom. The van der Waals surface area contributed by atoms with Crippen LogP contribution >= 0.6 is 23.1 Å². The summed E-state index contributed by atoms with van der Waals surface area (Å²) < 4.78 is 2.33. The second-order valence-corrected chi connectivity index (χ2v) is 8.04. The van der Waals surface area contributed by atoms with Gasteiger partial charge in [0.25, 0.3) is 0 Å². The van der Waals surface area contributed by atoms with Gasteiger partial charge in [0, 0.05) is 40.7 Å². The summed E-state index contributed by atoms with van der Waals surface area (Å²) in [6.07, 6.45) is 4.98. The second-order valence-electron chi connectivity index (χ2n) is 5.32. The van der Waals surface area contributed by atoms with Gasteiger partial charge >= 0.3 is 0 Å². The van der Waals surface area contributed by atoms with Gasteiger partial charge in [-0.05, 0) is 0 Å². The zero-order chi connectivity index (χ0) is 13.2. The summed E-state index contributed by atoms with van der Waals surface area (Å²) in [6, 6.07) is 0.263. The molecule has 0 bridgehead atoms. The number of nitrogens with two attached hydrogens (primary N) is 1. The van der Waals surface area contributed by atoms with E-state index >= 15 is 0 Å². The zero-order valence-electron chi connectivity index (χ0n) is 11.0. The van der Waals surface area contributed by atoms with E-state index in [0.717, 1.165) is 22.8 Å². The van der Waals surface area contributed by atoms with Gasteiger partial charge < -0.3 is 0 Å². The Morgan fingerprint density at radius 3 is 2.94 bits per heavy atom. The molecule has 2 rings (SSSR count). The lowest BCUT2D eigenvalue weighted by molar-refractivity contribution is 0.568. The number of hydrogen-bond acceptors (Lipinski definition) is 5. The van der Waals surface area contributed by atoms with Gasteiger partial charge in [-0.3, -0.25) is 15.7 Å². The third-order valence-corrected chi connectivity index (χ3v) is 4.76. The van der Waals surface area contributed by atoms with E-state index < -0.39 is 0 Å². The van der Waals surface area contributed by atoms with Crippen LogP contribution in [0.5, 0.6) is 0 Å². The predicted molar refractivity (Wildman–Crippen MR) is 80.1 cm³/mol. The molecule has 4 nitrogen and oxygen atoms in total. The summed E-state index contributed by atoms with van der Waals surface area (Å²) in [7, 11) is 0. The minimum atomic E-state index is 0.263. The highest BCUT2D eigenvalue weighted by molar-refractivity contribution is 8.00. The van der Waals surface area contributed by atoms with E-state index in [9.17, 15) is 0 Å². The molecular weight excluding hydrogens is 264 g/mol. The summed E-state index contributed by atoms with van der Waals surface area (Å²) >= 11 is 3.58. The molecule has 3 N–H and O–H groups in total. The molecule has 6 heteroatoms. The Balaban J connectivity index is 1.95. The molecule has 100 valence electrons. The maximum absolute atomic E-state index is 5.62. The van der Waals surface area contributed by atoms with E-state index in [-0.39, 0.29) is 10.8 Å². The van der Waals surface area contributed by atoms with Crippen molar-refractivity contribution < 1.29 is 0 Å². The van der Waals surface area contributed by atoms with Crippen LogP contribution in [0.25, 0.3) is 4.96 Å². The fraction of sp³-hybridized carbons (Fsp3) is 0.583. The summed E-state index contributed by atoms with van der Waals surface area (Å²) in [5.41, 5.74) is 3.99. The predicted octanol–water partition coefficient (Wildman–Crippen LogP) is 2.30. The summed E-state index contributed by atoms with van der Waals surface area (Å²) in [5, 5.41) is 2.04. The summed E-state index contributed by atoms with van der Waals surface area (Å²) in [4.78, 5) is 5.63. The summed E-state index contributed by atoms with van der Waals surface area (Å²) in [5.74, 6) is 6.62. The Hall–Kier alpha value is -0.560. The van der Waals surface area contributed by atoms with Crippen LogP contribution in [0.2, 0.25) is 0 Å². The standard InChI is InChI=1S/C12H20N4S2/c1-12(2,3)18-8-10(15-13)6-9-7-16-4-5-17-11(16)14-9/h4-5,7,10,15H,6,8,13H2,1-3H3. The normalized spacial score (nSPS) is 14.2. The fourth-order valence-corrected chi connectivity index (χ4v) is 3.28. The number of thioether (sulfide) groups is 1. The highest BCUT2D eigenvalue weighted by atomic mass is 32.2. The average Bonchev–Trinajstić information content (AvgIpc) is 2.82. The number of imidazole rings is 1. The van der Waals surface area contributed by atoms with Crippen LogP contribution in [0.1, 0.15) is 26.5 Å². The molecule has 0 saturated heterocycles. The minimum Gasteiger partial charge on any atom is -0.297 e. The van der Waals surface area contributed by atoms with Crippen LogP contribution in [0, 0.1) is 0 Å². The van der Waals surface area contributed by atoms with E-state index in [0.29, 0.717) is 0 Å². The molecule has 2 aromatic heterocycles. The molecule has 0 aromatic carbocycles. The van der Waals surface area contributed by atoms with E-state index in [1.54, 1.807) is 11.3 Å². The van der Waals surface area contributed by atoms with Crippen LogP contribution in [0.4, 0.5) is 0 Å². The van der Waals surface area contributed by atoms with Gasteiger partial charge in [0.2, 0.25) is 0 Å². The van der Waals surface area contributed by atoms with Crippen molar-refractivity contribution in [1.29, 1.82) is 0 Å². The monoisotopic (exact) mass is 284 g/mol. The van der Waals surface area contributed by atoms with Gasteiger partial charge in [-0.15, -0.1) is 11.3 Å². The van der Waals surface area contributed by atoms with E-state index in [1.165, 1.54) is 0 Å². The number of thiazole rings is 1. The van der Waals surface area contributed by atoms with Crippen LogP contribution < -0.4 is 11.3 Å². The van der Waals surface area contributed by atoms with Gasteiger partial charge in [0.1, 0.15) is 0 Å². The van der Waals surface area contributed by atoms with Crippen molar-refractivity contribution in [2.45, 2.75) is 38.0 Å². The Labute approximate surface area is 116 Å². The van der Waals surface area contributed by atoms with Crippen molar-refractivity contribution in [3.05, 3.63) is 23.5 Å². The maximum atomic E-state index is 5.62. The third kappa shape index (κ3) is 3.71. The highest BCUT2D eigenvalue weighted by Gasteiger charge is 2.16. The minimum absolute atomic E-state index is 0.263. The molecule has 2 heterocycles. The molecule has 0 aliphatic rings. The molecule has 0 amide bonds.